The van der Waals surface area contributed by atoms with Crippen LogP contribution in [0.1, 0.15) is 5.82 Å². The van der Waals surface area contributed by atoms with Crippen LogP contribution in [0.2, 0.25) is 0 Å². The molecule has 1 atom stereocenters. The molecule has 0 spiro atoms. The summed E-state index contributed by atoms with van der Waals surface area (Å²) >= 11 is 0. The highest BCUT2D eigenvalue weighted by atomic mass is 16.5. The Kier molecular flexibility index (Phi) is 4.96. The number of aromatic nitrogens is 3. The van der Waals surface area contributed by atoms with E-state index in [0.29, 0.717) is 13.1 Å². The van der Waals surface area contributed by atoms with Gasteiger partial charge in [-0.05, 0) is 61.0 Å². The molecular weight excluding hydrogens is 386 g/mol. The van der Waals surface area contributed by atoms with Crippen LogP contribution in [0.4, 0.5) is 0 Å². The molecule has 0 amide bonds. The second-order valence-electron chi connectivity index (χ2n) is 7.84. The van der Waals surface area contributed by atoms with Gasteiger partial charge in [-0.3, -0.25) is 0 Å². The first-order chi connectivity index (χ1) is 15.1. The van der Waals surface area contributed by atoms with Crippen LogP contribution in [0, 0.1) is 6.92 Å². The second kappa shape index (κ2) is 7.93. The molecule has 5 aromatic rings. The van der Waals surface area contributed by atoms with Crippen molar-refractivity contribution in [3.05, 3.63) is 84.7 Å². The molecule has 0 radical (unpaired) electrons. The van der Waals surface area contributed by atoms with Crippen molar-refractivity contribution in [2.45, 2.75) is 26.1 Å². The van der Waals surface area contributed by atoms with Crippen molar-refractivity contribution >= 4 is 21.9 Å². The maximum Gasteiger partial charge on any atom is 0.118 e. The van der Waals surface area contributed by atoms with Crippen LogP contribution in [-0.4, -0.2) is 32.4 Å². The summed E-state index contributed by atoms with van der Waals surface area (Å²) in [7, 11) is 1.67. The van der Waals surface area contributed by atoms with Gasteiger partial charge >= 0.3 is 0 Å². The molecule has 2 heterocycles. The van der Waals surface area contributed by atoms with E-state index in [4.69, 9.17) is 4.74 Å². The molecule has 3 aromatic carbocycles. The van der Waals surface area contributed by atoms with Crippen LogP contribution < -0.4 is 4.74 Å². The van der Waals surface area contributed by atoms with E-state index in [-0.39, 0.29) is 0 Å². The monoisotopic (exact) mass is 411 g/mol. The molecule has 1 N–H and O–H groups in total. The molecule has 0 aliphatic rings. The quantitative estimate of drug-likeness (QED) is 0.426. The summed E-state index contributed by atoms with van der Waals surface area (Å²) in [4.78, 5) is 4.63. The third-order valence-electron chi connectivity index (χ3n) is 5.83. The Morgan fingerprint density at radius 2 is 1.55 bits per heavy atom. The van der Waals surface area contributed by atoms with Crippen LogP contribution in [-0.2, 0) is 13.1 Å². The van der Waals surface area contributed by atoms with Gasteiger partial charge < -0.3 is 19.0 Å². The number of aryl methyl sites for hydroxylation is 1. The van der Waals surface area contributed by atoms with E-state index in [0.717, 1.165) is 44.8 Å². The number of hydrogen-bond acceptors (Lipinski definition) is 3. The van der Waals surface area contributed by atoms with Crippen LogP contribution in [0.15, 0.2) is 78.9 Å². The highest BCUT2D eigenvalue weighted by molar-refractivity contribution is 5.87. The SMILES string of the molecule is COc1ccc(-c2cc3ccccc3n2C[C@H](O)Cn2c(C)nc3ccccc32)cc1. The van der Waals surface area contributed by atoms with Gasteiger partial charge in [0.1, 0.15) is 11.6 Å². The van der Waals surface area contributed by atoms with Crippen molar-refractivity contribution in [2.75, 3.05) is 7.11 Å². The van der Waals surface area contributed by atoms with Crippen LogP contribution in [0.5, 0.6) is 5.75 Å². The van der Waals surface area contributed by atoms with Crippen molar-refractivity contribution in [2.24, 2.45) is 0 Å². The standard InChI is InChI=1S/C26H25N3O2/c1-18-27-23-8-4-6-10-25(23)28(18)16-21(30)17-29-24-9-5-3-7-20(24)15-26(29)19-11-13-22(31-2)14-12-19/h3-15,21,30H,16-17H2,1-2H3/t21-/m1/s1. The van der Waals surface area contributed by atoms with Crippen molar-refractivity contribution in [3.63, 3.8) is 0 Å². The number of nitrogens with zero attached hydrogens (tertiary/aromatic N) is 3. The van der Waals surface area contributed by atoms with E-state index in [9.17, 15) is 5.11 Å². The van der Waals surface area contributed by atoms with E-state index in [1.54, 1.807) is 7.11 Å². The number of methoxy groups -OCH3 is 1. The Morgan fingerprint density at radius 1 is 0.871 bits per heavy atom. The molecule has 0 aliphatic carbocycles. The predicted molar refractivity (Wildman–Crippen MR) is 124 cm³/mol. The topological polar surface area (TPSA) is 52.2 Å². The average molecular weight is 412 g/mol. The second-order valence-corrected chi connectivity index (χ2v) is 7.84. The van der Waals surface area contributed by atoms with Crippen molar-refractivity contribution in [1.29, 1.82) is 0 Å². The number of hydrogen-bond donors (Lipinski definition) is 1. The van der Waals surface area contributed by atoms with Gasteiger partial charge in [-0.2, -0.15) is 0 Å². The number of aliphatic hydroxyl groups excluding tert-OH is 1. The molecule has 0 unspecified atom stereocenters. The predicted octanol–water partition coefficient (Wildman–Crippen LogP) is 5.04. The lowest BCUT2D eigenvalue weighted by Crippen LogP contribution is -2.23. The van der Waals surface area contributed by atoms with Gasteiger partial charge in [0.05, 0.1) is 37.3 Å². The molecule has 2 aromatic heterocycles. The zero-order chi connectivity index (χ0) is 21.4. The largest absolute Gasteiger partial charge is 0.497 e. The Balaban J connectivity index is 1.51. The van der Waals surface area contributed by atoms with Crippen LogP contribution >= 0.6 is 0 Å². The number of aliphatic hydroxyl groups is 1. The van der Waals surface area contributed by atoms with E-state index in [2.05, 4.69) is 50.5 Å². The van der Waals surface area contributed by atoms with E-state index >= 15 is 0 Å². The minimum Gasteiger partial charge on any atom is -0.497 e. The first kappa shape index (κ1) is 19.4. The number of para-hydroxylation sites is 3. The molecule has 0 saturated heterocycles. The third kappa shape index (κ3) is 3.57. The van der Waals surface area contributed by atoms with E-state index in [1.165, 1.54) is 0 Å². The van der Waals surface area contributed by atoms with Crippen molar-refractivity contribution in [3.8, 4) is 17.0 Å². The van der Waals surface area contributed by atoms with Gasteiger partial charge in [0, 0.05) is 16.6 Å². The summed E-state index contributed by atoms with van der Waals surface area (Å²) in [5.41, 5.74) is 5.28. The lowest BCUT2D eigenvalue weighted by atomic mass is 10.1. The Morgan fingerprint density at radius 3 is 2.32 bits per heavy atom. The average Bonchev–Trinajstić information content (AvgIpc) is 3.31. The molecule has 5 rings (SSSR count). The molecule has 5 nitrogen and oxygen atoms in total. The normalized spacial score (nSPS) is 12.5. The zero-order valence-corrected chi connectivity index (χ0v) is 17.7. The molecule has 0 bridgehead atoms. The summed E-state index contributed by atoms with van der Waals surface area (Å²) in [6.45, 7) is 2.96. The van der Waals surface area contributed by atoms with Crippen molar-refractivity contribution in [1.82, 2.24) is 14.1 Å². The van der Waals surface area contributed by atoms with Gasteiger partial charge in [-0.15, -0.1) is 0 Å². The fraction of sp³-hybridized carbons (Fsp3) is 0.192. The number of imidazole rings is 1. The highest BCUT2D eigenvalue weighted by Crippen LogP contribution is 2.30. The van der Waals surface area contributed by atoms with Gasteiger partial charge in [0.2, 0.25) is 0 Å². The minimum absolute atomic E-state index is 0.487. The molecule has 0 aliphatic heterocycles. The summed E-state index contributed by atoms with van der Waals surface area (Å²) < 4.78 is 9.61. The van der Waals surface area contributed by atoms with E-state index < -0.39 is 6.10 Å². The van der Waals surface area contributed by atoms with Crippen LogP contribution in [0.25, 0.3) is 33.2 Å². The van der Waals surface area contributed by atoms with Gasteiger partial charge in [0.25, 0.3) is 0 Å². The third-order valence-corrected chi connectivity index (χ3v) is 5.83. The lowest BCUT2D eigenvalue weighted by Gasteiger charge is -2.18. The van der Waals surface area contributed by atoms with Gasteiger partial charge in [0.15, 0.2) is 0 Å². The minimum atomic E-state index is -0.566. The number of rotatable bonds is 6. The molecule has 0 fully saturated rings. The smallest absolute Gasteiger partial charge is 0.118 e. The Bertz CT molecular complexity index is 1350. The summed E-state index contributed by atoms with van der Waals surface area (Å²) in [5, 5.41) is 12.3. The molecule has 0 saturated carbocycles. The Labute approximate surface area is 181 Å². The summed E-state index contributed by atoms with van der Waals surface area (Å²) in [5.74, 6) is 1.74. The fourth-order valence-corrected chi connectivity index (χ4v) is 4.31. The molecule has 156 valence electrons. The summed E-state index contributed by atoms with van der Waals surface area (Å²) in [6.07, 6.45) is -0.566. The Hall–Kier alpha value is -3.57. The van der Waals surface area contributed by atoms with Crippen LogP contribution in [0.3, 0.4) is 0 Å². The highest BCUT2D eigenvalue weighted by Gasteiger charge is 2.16. The van der Waals surface area contributed by atoms with Gasteiger partial charge in [-0.25, -0.2) is 4.98 Å². The fourth-order valence-electron chi connectivity index (χ4n) is 4.31. The number of ether oxygens (including phenoxy) is 1. The first-order valence-electron chi connectivity index (χ1n) is 10.5. The zero-order valence-electron chi connectivity index (χ0n) is 17.7. The molecule has 31 heavy (non-hydrogen) atoms. The van der Waals surface area contributed by atoms with Crippen molar-refractivity contribution < 1.29 is 9.84 Å². The van der Waals surface area contributed by atoms with Gasteiger partial charge in [-0.1, -0.05) is 30.3 Å². The first-order valence-corrected chi connectivity index (χ1v) is 10.5. The molecule has 5 heteroatoms. The molecular formula is C26H25N3O2. The maximum atomic E-state index is 11.1. The lowest BCUT2D eigenvalue weighted by molar-refractivity contribution is 0.137. The van der Waals surface area contributed by atoms with E-state index in [1.807, 2.05) is 49.4 Å². The maximum absolute atomic E-state index is 11.1. The summed E-state index contributed by atoms with van der Waals surface area (Å²) in [6, 6.07) is 26.6. The number of fused-ring (bicyclic) bond motifs is 2. The number of benzene rings is 3.